The fraction of sp³-hybridized carbons (Fsp3) is 0.400. The lowest BCUT2D eigenvalue weighted by Gasteiger charge is -2.26. The van der Waals surface area contributed by atoms with Gasteiger partial charge in [-0.15, -0.1) is 12.4 Å². The zero-order valence-corrected chi connectivity index (χ0v) is 8.82. The van der Waals surface area contributed by atoms with E-state index in [4.69, 9.17) is 4.74 Å². The highest BCUT2D eigenvalue weighted by Gasteiger charge is 2.17. The van der Waals surface area contributed by atoms with E-state index in [0.29, 0.717) is 18.3 Å². The van der Waals surface area contributed by atoms with Crippen molar-refractivity contribution in [3.63, 3.8) is 0 Å². The Morgan fingerprint density at radius 1 is 1.27 bits per heavy atom. The Bertz CT molecular complexity index is 331. The topological polar surface area (TPSA) is 21.3 Å². The Hall–Kier alpha value is -0.870. The average molecular weight is 236 g/mol. The lowest BCUT2D eigenvalue weighted by molar-refractivity contribution is 0.198. The molecule has 1 aromatic rings. The number of benzene rings is 1. The summed E-state index contributed by atoms with van der Waals surface area (Å²) in [7, 11) is 0. The molecule has 1 N–H and O–H groups in total. The van der Waals surface area contributed by atoms with Crippen LogP contribution in [0.25, 0.3) is 0 Å². The molecule has 0 spiro atoms. The van der Waals surface area contributed by atoms with Gasteiger partial charge in [-0.3, -0.25) is 0 Å². The minimum absolute atomic E-state index is 0. The Morgan fingerprint density at radius 2 is 2.00 bits per heavy atom. The smallest absolute Gasteiger partial charge is 0.162 e. The van der Waals surface area contributed by atoms with E-state index >= 15 is 0 Å². The van der Waals surface area contributed by atoms with E-state index in [2.05, 4.69) is 5.32 Å². The Labute approximate surface area is 93.0 Å². The first-order valence-corrected chi connectivity index (χ1v) is 4.54. The van der Waals surface area contributed by atoms with Crippen molar-refractivity contribution in [2.75, 3.05) is 19.7 Å². The van der Waals surface area contributed by atoms with Crippen LogP contribution in [0.4, 0.5) is 8.78 Å². The second kappa shape index (κ2) is 5.28. The Morgan fingerprint density at radius 3 is 2.53 bits per heavy atom. The predicted octanol–water partition coefficient (Wildman–Crippen LogP) is 1.98. The molecule has 1 aromatic carbocycles. The molecule has 15 heavy (non-hydrogen) atoms. The third-order valence-corrected chi connectivity index (χ3v) is 2.24. The van der Waals surface area contributed by atoms with Crippen molar-refractivity contribution in [3.8, 4) is 5.75 Å². The largest absolute Gasteiger partial charge is 0.493 e. The van der Waals surface area contributed by atoms with Gasteiger partial charge in [-0.25, -0.2) is 8.78 Å². The third kappa shape index (κ3) is 3.04. The summed E-state index contributed by atoms with van der Waals surface area (Å²) in [6.07, 6.45) is 0. The minimum atomic E-state index is -0.866. The molecule has 5 heteroatoms. The molecule has 0 amide bonds. The summed E-state index contributed by atoms with van der Waals surface area (Å²) in [6.45, 7) is 2.42. The monoisotopic (exact) mass is 235 g/mol. The second-order valence-electron chi connectivity index (χ2n) is 3.41. The molecule has 0 radical (unpaired) electrons. The van der Waals surface area contributed by atoms with Gasteiger partial charge in [0.05, 0.1) is 6.61 Å². The van der Waals surface area contributed by atoms with E-state index in [1.165, 1.54) is 6.07 Å². The van der Waals surface area contributed by atoms with Gasteiger partial charge in [-0.1, -0.05) is 0 Å². The van der Waals surface area contributed by atoms with Crippen molar-refractivity contribution in [2.24, 2.45) is 5.92 Å². The highest BCUT2D eigenvalue weighted by Crippen LogP contribution is 2.16. The van der Waals surface area contributed by atoms with E-state index in [1.807, 2.05) is 0 Å². The fourth-order valence-electron chi connectivity index (χ4n) is 1.25. The summed E-state index contributed by atoms with van der Waals surface area (Å²) in [4.78, 5) is 0. The first kappa shape index (κ1) is 12.2. The van der Waals surface area contributed by atoms with Gasteiger partial charge in [0.1, 0.15) is 5.75 Å². The lowest BCUT2D eigenvalue weighted by atomic mass is 10.1. The highest BCUT2D eigenvalue weighted by atomic mass is 35.5. The molecular weight excluding hydrogens is 224 g/mol. The van der Waals surface area contributed by atoms with E-state index in [1.54, 1.807) is 0 Å². The van der Waals surface area contributed by atoms with Crippen molar-refractivity contribution < 1.29 is 13.5 Å². The predicted molar refractivity (Wildman–Crippen MR) is 55.5 cm³/mol. The fourth-order valence-corrected chi connectivity index (χ4v) is 1.25. The molecule has 0 aliphatic carbocycles. The van der Waals surface area contributed by atoms with E-state index in [0.717, 1.165) is 25.2 Å². The quantitative estimate of drug-likeness (QED) is 0.865. The minimum Gasteiger partial charge on any atom is -0.493 e. The number of hydrogen-bond acceptors (Lipinski definition) is 2. The Balaban J connectivity index is 0.00000112. The van der Waals surface area contributed by atoms with Crippen LogP contribution < -0.4 is 10.1 Å². The number of rotatable bonds is 3. The second-order valence-corrected chi connectivity index (χ2v) is 3.41. The lowest BCUT2D eigenvalue weighted by Crippen LogP contribution is -2.45. The number of nitrogens with one attached hydrogen (secondary N) is 1. The van der Waals surface area contributed by atoms with E-state index in [9.17, 15) is 8.78 Å². The van der Waals surface area contributed by atoms with Gasteiger partial charge in [-0.05, 0) is 12.1 Å². The van der Waals surface area contributed by atoms with E-state index < -0.39 is 11.6 Å². The highest BCUT2D eigenvalue weighted by molar-refractivity contribution is 5.85. The summed E-state index contributed by atoms with van der Waals surface area (Å²) >= 11 is 0. The molecule has 84 valence electrons. The first-order chi connectivity index (χ1) is 6.75. The SMILES string of the molecule is Cl.Fc1ccc(OCC2CNC2)cc1F. The molecule has 0 bridgehead atoms. The summed E-state index contributed by atoms with van der Waals surface area (Å²) in [6, 6.07) is 3.58. The van der Waals surface area contributed by atoms with Crippen LogP contribution in [-0.2, 0) is 0 Å². The molecule has 2 rings (SSSR count). The van der Waals surface area contributed by atoms with Crippen molar-refractivity contribution in [1.82, 2.24) is 5.32 Å². The number of halogens is 3. The zero-order chi connectivity index (χ0) is 9.97. The molecule has 0 unspecified atom stereocenters. The maximum atomic E-state index is 12.7. The van der Waals surface area contributed by atoms with Crippen LogP contribution in [0.2, 0.25) is 0 Å². The van der Waals surface area contributed by atoms with Gasteiger partial charge >= 0.3 is 0 Å². The summed E-state index contributed by atoms with van der Waals surface area (Å²) in [5.74, 6) is -0.837. The standard InChI is InChI=1S/C10H11F2NO.ClH/c11-9-2-1-8(3-10(9)12)14-6-7-4-13-5-7;/h1-3,7,13H,4-6H2;1H. The van der Waals surface area contributed by atoms with Crippen molar-refractivity contribution in [3.05, 3.63) is 29.8 Å². The van der Waals surface area contributed by atoms with Crippen LogP contribution >= 0.6 is 12.4 Å². The van der Waals surface area contributed by atoms with Gasteiger partial charge in [0.2, 0.25) is 0 Å². The van der Waals surface area contributed by atoms with Crippen LogP contribution in [0, 0.1) is 17.6 Å². The van der Waals surface area contributed by atoms with Gasteiger partial charge in [0, 0.05) is 25.1 Å². The van der Waals surface area contributed by atoms with Crippen LogP contribution in [0.3, 0.4) is 0 Å². The van der Waals surface area contributed by atoms with Crippen LogP contribution in [0.1, 0.15) is 0 Å². The number of hydrogen-bond donors (Lipinski definition) is 1. The molecule has 1 fully saturated rings. The maximum Gasteiger partial charge on any atom is 0.162 e. The third-order valence-electron chi connectivity index (χ3n) is 2.24. The molecule has 1 aliphatic rings. The van der Waals surface area contributed by atoms with Gasteiger partial charge in [0.15, 0.2) is 11.6 Å². The van der Waals surface area contributed by atoms with Crippen molar-refractivity contribution >= 4 is 12.4 Å². The molecule has 1 heterocycles. The summed E-state index contributed by atoms with van der Waals surface area (Å²) < 4.78 is 30.6. The zero-order valence-electron chi connectivity index (χ0n) is 8.00. The molecular formula is C10H12ClF2NO. The van der Waals surface area contributed by atoms with Crippen LogP contribution in [-0.4, -0.2) is 19.7 Å². The van der Waals surface area contributed by atoms with Crippen molar-refractivity contribution in [1.29, 1.82) is 0 Å². The summed E-state index contributed by atoms with van der Waals surface area (Å²) in [5.41, 5.74) is 0. The average Bonchev–Trinajstić information content (AvgIpc) is 2.08. The summed E-state index contributed by atoms with van der Waals surface area (Å²) in [5, 5.41) is 3.10. The molecule has 1 aliphatic heterocycles. The molecule has 0 saturated carbocycles. The normalized spacial score (nSPS) is 15.3. The first-order valence-electron chi connectivity index (χ1n) is 4.54. The van der Waals surface area contributed by atoms with E-state index in [-0.39, 0.29) is 12.4 Å². The molecule has 0 atom stereocenters. The van der Waals surface area contributed by atoms with Crippen molar-refractivity contribution in [2.45, 2.75) is 0 Å². The van der Waals surface area contributed by atoms with Gasteiger partial charge in [0.25, 0.3) is 0 Å². The molecule has 2 nitrogen and oxygen atoms in total. The molecule has 0 aromatic heterocycles. The molecule has 1 saturated heterocycles. The van der Waals surface area contributed by atoms with Gasteiger partial charge in [-0.2, -0.15) is 0 Å². The van der Waals surface area contributed by atoms with Crippen LogP contribution in [0.5, 0.6) is 5.75 Å². The Kier molecular flexibility index (Phi) is 4.29. The van der Waals surface area contributed by atoms with Crippen LogP contribution in [0.15, 0.2) is 18.2 Å². The van der Waals surface area contributed by atoms with Gasteiger partial charge < -0.3 is 10.1 Å². The number of ether oxygens (including phenoxy) is 1. The maximum absolute atomic E-state index is 12.7.